The summed E-state index contributed by atoms with van der Waals surface area (Å²) in [6.45, 7) is 7.01. The molecule has 3 fully saturated rings. The summed E-state index contributed by atoms with van der Waals surface area (Å²) in [4.78, 5) is 2.72. The van der Waals surface area contributed by atoms with Crippen molar-refractivity contribution in [3.63, 3.8) is 0 Å². The highest BCUT2D eigenvalue weighted by atomic mass is 16.5. The van der Waals surface area contributed by atoms with Crippen LogP contribution in [0.2, 0.25) is 0 Å². The van der Waals surface area contributed by atoms with E-state index in [1.807, 2.05) is 0 Å². The zero-order valence-electron chi connectivity index (χ0n) is 12.3. The molecule has 3 rings (SSSR count). The molecule has 2 aliphatic heterocycles. The standard InChI is InChI=1S/C16H30N2O/c1-2-4-10-18(9-3-1)13-16(8-5-11-19-14-16)12-17-15-6-7-15/h15,17H,1-14H2. The predicted octanol–water partition coefficient (Wildman–Crippen LogP) is 2.41. The summed E-state index contributed by atoms with van der Waals surface area (Å²) in [5.74, 6) is 0. The van der Waals surface area contributed by atoms with Crippen molar-refractivity contribution in [2.75, 3.05) is 39.4 Å². The third-order valence-electron chi connectivity index (χ3n) is 5.00. The van der Waals surface area contributed by atoms with Crippen LogP contribution in [-0.4, -0.2) is 50.3 Å². The Morgan fingerprint density at radius 3 is 2.47 bits per heavy atom. The van der Waals surface area contributed by atoms with E-state index in [9.17, 15) is 0 Å². The van der Waals surface area contributed by atoms with Crippen molar-refractivity contribution in [3.8, 4) is 0 Å². The normalized spacial score (nSPS) is 34.1. The Kier molecular flexibility index (Phi) is 4.78. The first-order valence-corrected chi connectivity index (χ1v) is 8.40. The molecule has 2 saturated heterocycles. The molecule has 1 N–H and O–H groups in total. The van der Waals surface area contributed by atoms with Gasteiger partial charge in [0.1, 0.15) is 0 Å². The number of ether oxygens (including phenoxy) is 1. The van der Waals surface area contributed by atoms with Crippen LogP contribution in [0.3, 0.4) is 0 Å². The molecule has 1 atom stereocenters. The molecular formula is C16H30N2O. The third kappa shape index (κ3) is 4.17. The molecular weight excluding hydrogens is 236 g/mol. The lowest BCUT2D eigenvalue weighted by atomic mass is 9.81. The van der Waals surface area contributed by atoms with Gasteiger partial charge < -0.3 is 15.0 Å². The Morgan fingerprint density at radius 2 is 1.84 bits per heavy atom. The van der Waals surface area contributed by atoms with Crippen LogP contribution in [0.4, 0.5) is 0 Å². The average Bonchev–Trinajstić information content (AvgIpc) is 3.26. The van der Waals surface area contributed by atoms with Crippen molar-refractivity contribution in [1.82, 2.24) is 10.2 Å². The first kappa shape index (κ1) is 13.8. The molecule has 1 unspecified atom stereocenters. The molecule has 0 spiro atoms. The molecule has 2 heterocycles. The Bertz CT molecular complexity index is 264. The lowest BCUT2D eigenvalue weighted by Crippen LogP contribution is -2.49. The molecule has 0 amide bonds. The van der Waals surface area contributed by atoms with E-state index in [1.54, 1.807) is 0 Å². The summed E-state index contributed by atoms with van der Waals surface area (Å²) < 4.78 is 5.84. The van der Waals surface area contributed by atoms with Crippen LogP contribution in [0.5, 0.6) is 0 Å². The summed E-state index contributed by atoms with van der Waals surface area (Å²) >= 11 is 0. The molecule has 3 aliphatic rings. The van der Waals surface area contributed by atoms with Crippen molar-refractivity contribution in [1.29, 1.82) is 0 Å². The lowest BCUT2D eigenvalue weighted by molar-refractivity contribution is -0.0259. The molecule has 110 valence electrons. The molecule has 0 aromatic carbocycles. The molecule has 0 aromatic rings. The smallest absolute Gasteiger partial charge is 0.0546 e. The van der Waals surface area contributed by atoms with Crippen LogP contribution < -0.4 is 5.32 Å². The van der Waals surface area contributed by atoms with Crippen LogP contribution in [0.25, 0.3) is 0 Å². The predicted molar refractivity (Wildman–Crippen MR) is 78.4 cm³/mol. The molecule has 3 heteroatoms. The van der Waals surface area contributed by atoms with Crippen LogP contribution in [0, 0.1) is 5.41 Å². The number of rotatable bonds is 5. The topological polar surface area (TPSA) is 24.5 Å². The molecule has 1 saturated carbocycles. The van der Waals surface area contributed by atoms with Gasteiger partial charge in [0.05, 0.1) is 6.61 Å². The van der Waals surface area contributed by atoms with E-state index >= 15 is 0 Å². The third-order valence-corrected chi connectivity index (χ3v) is 5.00. The van der Waals surface area contributed by atoms with E-state index in [2.05, 4.69) is 10.2 Å². The van der Waals surface area contributed by atoms with E-state index < -0.39 is 0 Å². The fourth-order valence-corrected chi connectivity index (χ4v) is 3.65. The van der Waals surface area contributed by atoms with Crippen molar-refractivity contribution in [2.24, 2.45) is 5.41 Å². The molecule has 19 heavy (non-hydrogen) atoms. The highest BCUT2D eigenvalue weighted by Gasteiger charge is 2.36. The van der Waals surface area contributed by atoms with E-state index in [0.29, 0.717) is 5.41 Å². The second-order valence-electron chi connectivity index (χ2n) is 7.00. The van der Waals surface area contributed by atoms with Gasteiger partial charge in [0.2, 0.25) is 0 Å². The number of nitrogens with zero attached hydrogens (tertiary/aromatic N) is 1. The molecule has 0 aromatic heterocycles. The molecule has 1 aliphatic carbocycles. The Morgan fingerprint density at radius 1 is 1.05 bits per heavy atom. The van der Waals surface area contributed by atoms with Crippen LogP contribution in [0.15, 0.2) is 0 Å². The minimum Gasteiger partial charge on any atom is -0.381 e. The number of nitrogens with one attached hydrogen (secondary N) is 1. The van der Waals surface area contributed by atoms with Crippen LogP contribution in [0.1, 0.15) is 51.4 Å². The maximum Gasteiger partial charge on any atom is 0.0546 e. The van der Waals surface area contributed by atoms with Crippen molar-refractivity contribution < 1.29 is 4.74 Å². The first-order chi connectivity index (χ1) is 9.36. The van der Waals surface area contributed by atoms with Crippen molar-refractivity contribution >= 4 is 0 Å². The maximum atomic E-state index is 5.84. The SMILES string of the molecule is C1CCCN(CC2(CNC3CC3)CCCOC2)CC1. The van der Waals surface area contributed by atoms with Gasteiger partial charge in [0.25, 0.3) is 0 Å². The highest BCUT2D eigenvalue weighted by Crippen LogP contribution is 2.31. The van der Waals surface area contributed by atoms with Gasteiger partial charge in [-0.3, -0.25) is 0 Å². The fourth-order valence-electron chi connectivity index (χ4n) is 3.65. The average molecular weight is 266 g/mol. The maximum absolute atomic E-state index is 5.84. The number of hydrogen-bond acceptors (Lipinski definition) is 3. The summed E-state index contributed by atoms with van der Waals surface area (Å²) in [5.41, 5.74) is 0.394. The molecule has 0 radical (unpaired) electrons. The first-order valence-electron chi connectivity index (χ1n) is 8.40. The Labute approximate surface area is 118 Å². The minimum atomic E-state index is 0.394. The molecule has 3 nitrogen and oxygen atoms in total. The van der Waals surface area contributed by atoms with E-state index in [4.69, 9.17) is 4.74 Å². The van der Waals surface area contributed by atoms with E-state index in [0.717, 1.165) is 19.3 Å². The summed E-state index contributed by atoms with van der Waals surface area (Å²) in [5, 5.41) is 3.77. The van der Waals surface area contributed by atoms with E-state index in [-0.39, 0.29) is 0 Å². The van der Waals surface area contributed by atoms with Gasteiger partial charge in [0, 0.05) is 31.2 Å². The van der Waals surface area contributed by atoms with Gasteiger partial charge in [-0.15, -0.1) is 0 Å². The Hall–Kier alpha value is -0.120. The summed E-state index contributed by atoms with van der Waals surface area (Å²) in [6.07, 6.45) is 11.0. The summed E-state index contributed by atoms with van der Waals surface area (Å²) in [7, 11) is 0. The van der Waals surface area contributed by atoms with Gasteiger partial charge >= 0.3 is 0 Å². The van der Waals surface area contributed by atoms with Gasteiger partial charge in [0.15, 0.2) is 0 Å². The number of hydrogen-bond donors (Lipinski definition) is 1. The molecule has 0 bridgehead atoms. The minimum absolute atomic E-state index is 0.394. The Balaban J connectivity index is 1.56. The fraction of sp³-hybridized carbons (Fsp3) is 1.00. The van der Waals surface area contributed by atoms with Gasteiger partial charge in [-0.2, -0.15) is 0 Å². The van der Waals surface area contributed by atoms with Crippen LogP contribution >= 0.6 is 0 Å². The lowest BCUT2D eigenvalue weighted by Gasteiger charge is -2.41. The van der Waals surface area contributed by atoms with Crippen molar-refractivity contribution in [2.45, 2.75) is 57.4 Å². The van der Waals surface area contributed by atoms with Crippen molar-refractivity contribution in [3.05, 3.63) is 0 Å². The number of likely N-dealkylation sites (tertiary alicyclic amines) is 1. The second kappa shape index (κ2) is 6.55. The van der Waals surface area contributed by atoms with Crippen LogP contribution in [-0.2, 0) is 4.74 Å². The van der Waals surface area contributed by atoms with Gasteiger partial charge in [-0.25, -0.2) is 0 Å². The van der Waals surface area contributed by atoms with Gasteiger partial charge in [-0.1, -0.05) is 12.8 Å². The quantitative estimate of drug-likeness (QED) is 0.827. The highest BCUT2D eigenvalue weighted by molar-refractivity contribution is 4.91. The zero-order chi connectivity index (χ0) is 13.0. The van der Waals surface area contributed by atoms with E-state index in [1.165, 1.54) is 77.5 Å². The second-order valence-corrected chi connectivity index (χ2v) is 7.00. The largest absolute Gasteiger partial charge is 0.381 e. The van der Waals surface area contributed by atoms with Gasteiger partial charge in [-0.05, 0) is 51.6 Å². The summed E-state index contributed by atoms with van der Waals surface area (Å²) in [6, 6.07) is 0.822. The monoisotopic (exact) mass is 266 g/mol. The zero-order valence-corrected chi connectivity index (χ0v) is 12.3.